The van der Waals surface area contributed by atoms with Gasteiger partial charge >= 0.3 is 0 Å². The molecule has 1 rings (SSSR count). The number of carbonyl (C=O) groups is 1. The Kier molecular flexibility index (Phi) is 4.46. The SMILES string of the molecule is CNC(C)N[C@@H](C(C)=O)c1ccccc1. The summed E-state index contributed by atoms with van der Waals surface area (Å²) in [5.74, 6) is 0.128. The maximum absolute atomic E-state index is 11.5. The lowest BCUT2D eigenvalue weighted by Crippen LogP contribution is -2.42. The lowest BCUT2D eigenvalue weighted by atomic mass is 10.0. The molecule has 0 aliphatic carbocycles. The molecule has 3 heteroatoms. The second kappa shape index (κ2) is 5.63. The highest BCUT2D eigenvalue weighted by molar-refractivity contribution is 5.82. The van der Waals surface area contributed by atoms with Gasteiger partial charge in [0.25, 0.3) is 0 Å². The van der Waals surface area contributed by atoms with Crippen molar-refractivity contribution in [1.82, 2.24) is 10.6 Å². The lowest BCUT2D eigenvalue weighted by molar-refractivity contribution is -0.119. The second-order valence-corrected chi connectivity index (χ2v) is 3.63. The van der Waals surface area contributed by atoms with Gasteiger partial charge < -0.3 is 5.32 Å². The Labute approximate surface area is 90.9 Å². The minimum Gasteiger partial charge on any atom is -0.305 e. The summed E-state index contributed by atoms with van der Waals surface area (Å²) in [5.41, 5.74) is 1.01. The summed E-state index contributed by atoms with van der Waals surface area (Å²) < 4.78 is 0. The van der Waals surface area contributed by atoms with Crippen molar-refractivity contribution in [3.05, 3.63) is 35.9 Å². The van der Waals surface area contributed by atoms with Crippen LogP contribution in [0.3, 0.4) is 0 Å². The van der Waals surface area contributed by atoms with Crippen LogP contribution in [0.5, 0.6) is 0 Å². The molecule has 0 fully saturated rings. The molecule has 0 aliphatic rings. The maximum atomic E-state index is 11.5. The number of benzene rings is 1. The Morgan fingerprint density at radius 2 is 1.87 bits per heavy atom. The molecule has 1 aromatic carbocycles. The number of rotatable bonds is 5. The summed E-state index contributed by atoms with van der Waals surface area (Å²) >= 11 is 0. The van der Waals surface area contributed by atoms with E-state index in [9.17, 15) is 4.79 Å². The van der Waals surface area contributed by atoms with Gasteiger partial charge in [0, 0.05) is 0 Å². The van der Waals surface area contributed by atoms with Crippen LogP contribution in [0.1, 0.15) is 25.5 Å². The smallest absolute Gasteiger partial charge is 0.151 e. The molecule has 82 valence electrons. The Balaban J connectivity index is 2.80. The fraction of sp³-hybridized carbons (Fsp3) is 0.417. The van der Waals surface area contributed by atoms with E-state index in [2.05, 4.69) is 10.6 Å². The van der Waals surface area contributed by atoms with Gasteiger partial charge in [-0.05, 0) is 26.5 Å². The maximum Gasteiger partial charge on any atom is 0.151 e. The van der Waals surface area contributed by atoms with Crippen LogP contribution in [-0.2, 0) is 4.79 Å². The van der Waals surface area contributed by atoms with Crippen molar-refractivity contribution < 1.29 is 4.79 Å². The molecule has 0 bridgehead atoms. The first-order valence-corrected chi connectivity index (χ1v) is 5.14. The predicted molar refractivity (Wildman–Crippen MR) is 61.5 cm³/mol. The Morgan fingerprint density at radius 3 is 2.33 bits per heavy atom. The van der Waals surface area contributed by atoms with Gasteiger partial charge in [-0.25, -0.2) is 0 Å². The summed E-state index contributed by atoms with van der Waals surface area (Å²) in [5, 5.41) is 6.28. The second-order valence-electron chi connectivity index (χ2n) is 3.63. The molecule has 0 saturated heterocycles. The minimum absolute atomic E-state index is 0.110. The van der Waals surface area contributed by atoms with Crippen LogP contribution < -0.4 is 10.6 Å². The number of Topliss-reactive ketones (excluding diaryl/α,β-unsaturated/α-hetero) is 1. The highest BCUT2D eigenvalue weighted by Gasteiger charge is 2.17. The Bertz CT molecular complexity index is 311. The topological polar surface area (TPSA) is 41.1 Å². The molecule has 3 nitrogen and oxygen atoms in total. The van der Waals surface area contributed by atoms with Gasteiger partial charge in [-0.15, -0.1) is 0 Å². The average molecular weight is 206 g/mol. The van der Waals surface area contributed by atoms with Crippen molar-refractivity contribution in [1.29, 1.82) is 0 Å². The normalized spacial score (nSPS) is 14.6. The molecule has 0 spiro atoms. The molecule has 2 atom stereocenters. The molecular weight excluding hydrogens is 188 g/mol. The number of hydrogen-bond acceptors (Lipinski definition) is 3. The van der Waals surface area contributed by atoms with Gasteiger partial charge in [0.15, 0.2) is 5.78 Å². The molecule has 2 N–H and O–H groups in total. The Morgan fingerprint density at radius 1 is 1.27 bits per heavy atom. The van der Waals surface area contributed by atoms with Crippen molar-refractivity contribution in [3.8, 4) is 0 Å². The third-order valence-corrected chi connectivity index (χ3v) is 2.39. The van der Waals surface area contributed by atoms with Crippen LogP contribution in [0.25, 0.3) is 0 Å². The van der Waals surface area contributed by atoms with Crippen LogP contribution in [0.15, 0.2) is 30.3 Å². The highest BCUT2D eigenvalue weighted by atomic mass is 16.1. The first-order valence-electron chi connectivity index (χ1n) is 5.14. The first kappa shape index (κ1) is 11.9. The van der Waals surface area contributed by atoms with E-state index in [0.29, 0.717) is 0 Å². The van der Waals surface area contributed by atoms with Crippen LogP contribution in [0.2, 0.25) is 0 Å². The quantitative estimate of drug-likeness (QED) is 0.717. The summed E-state index contributed by atoms with van der Waals surface area (Å²) in [6.45, 7) is 3.59. The van der Waals surface area contributed by atoms with E-state index in [1.807, 2.05) is 44.3 Å². The zero-order chi connectivity index (χ0) is 11.3. The van der Waals surface area contributed by atoms with E-state index < -0.39 is 0 Å². The fourth-order valence-corrected chi connectivity index (χ4v) is 1.43. The van der Waals surface area contributed by atoms with Crippen molar-refractivity contribution in [3.63, 3.8) is 0 Å². The molecule has 0 amide bonds. The molecule has 0 aliphatic heterocycles. The largest absolute Gasteiger partial charge is 0.305 e. The number of carbonyl (C=O) groups excluding carboxylic acids is 1. The summed E-state index contributed by atoms with van der Waals surface area (Å²) in [6.07, 6.45) is 0.110. The highest BCUT2D eigenvalue weighted by Crippen LogP contribution is 2.13. The van der Waals surface area contributed by atoms with E-state index in [-0.39, 0.29) is 18.0 Å². The van der Waals surface area contributed by atoms with Crippen molar-refractivity contribution in [2.45, 2.75) is 26.1 Å². The fourth-order valence-electron chi connectivity index (χ4n) is 1.43. The molecule has 15 heavy (non-hydrogen) atoms. The zero-order valence-corrected chi connectivity index (χ0v) is 9.45. The summed E-state index contributed by atoms with van der Waals surface area (Å²) in [6, 6.07) is 9.52. The zero-order valence-electron chi connectivity index (χ0n) is 9.45. The molecule has 0 aromatic heterocycles. The average Bonchev–Trinajstić information content (AvgIpc) is 2.26. The monoisotopic (exact) mass is 206 g/mol. The molecular formula is C12H18N2O. The standard InChI is InChI=1S/C12H18N2O/c1-9(15)12(14-10(2)13-3)11-7-5-4-6-8-11/h4-8,10,12-14H,1-3H3/t10?,12-/m0/s1. The molecule has 0 saturated carbocycles. The van der Waals surface area contributed by atoms with Gasteiger partial charge in [-0.2, -0.15) is 0 Å². The minimum atomic E-state index is -0.228. The Hall–Kier alpha value is -1.19. The van der Waals surface area contributed by atoms with E-state index in [1.54, 1.807) is 6.92 Å². The van der Waals surface area contributed by atoms with Crippen molar-refractivity contribution >= 4 is 5.78 Å². The number of nitrogens with one attached hydrogen (secondary N) is 2. The molecule has 0 radical (unpaired) electrons. The summed E-state index contributed by atoms with van der Waals surface area (Å²) in [4.78, 5) is 11.5. The van der Waals surface area contributed by atoms with Gasteiger partial charge in [-0.1, -0.05) is 30.3 Å². The lowest BCUT2D eigenvalue weighted by Gasteiger charge is -2.21. The number of hydrogen-bond donors (Lipinski definition) is 2. The van der Waals surface area contributed by atoms with E-state index >= 15 is 0 Å². The van der Waals surface area contributed by atoms with Crippen LogP contribution in [-0.4, -0.2) is 19.0 Å². The van der Waals surface area contributed by atoms with E-state index in [0.717, 1.165) is 5.56 Å². The van der Waals surface area contributed by atoms with Gasteiger partial charge in [0.05, 0.1) is 12.2 Å². The van der Waals surface area contributed by atoms with Crippen molar-refractivity contribution in [2.24, 2.45) is 0 Å². The van der Waals surface area contributed by atoms with Gasteiger partial charge in [0.1, 0.15) is 0 Å². The number of ketones is 1. The molecule has 1 unspecified atom stereocenters. The summed E-state index contributed by atoms with van der Waals surface area (Å²) in [7, 11) is 1.86. The predicted octanol–water partition coefficient (Wildman–Crippen LogP) is 1.47. The van der Waals surface area contributed by atoms with E-state index in [1.165, 1.54) is 0 Å². The van der Waals surface area contributed by atoms with Crippen LogP contribution >= 0.6 is 0 Å². The van der Waals surface area contributed by atoms with Gasteiger partial charge in [0.2, 0.25) is 0 Å². The third kappa shape index (κ3) is 3.46. The van der Waals surface area contributed by atoms with E-state index in [4.69, 9.17) is 0 Å². The van der Waals surface area contributed by atoms with Crippen LogP contribution in [0.4, 0.5) is 0 Å². The van der Waals surface area contributed by atoms with Crippen LogP contribution in [0, 0.1) is 0 Å². The molecule has 0 heterocycles. The van der Waals surface area contributed by atoms with Crippen molar-refractivity contribution in [2.75, 3.05) is 7.05 Å². The third-order valence-electron chi connectivity index (χ3n) is 2.39. The molecule has 1 aromatic rings. The van der Waals surface area contributed by atoms with Gasteiger partial charge in [-0.3, -0.25) is 10.1 Å². The first-order chi connectivity index (χ1) is 7.15.